The van der Waals surface area contributed by atoms with E-state index in [1.165, 1.54) is 257 Å². The van der Waals surface area contributed by atoms with Gasteiger partial charge in [0.05, 0.1) is 18.8 Å². The second-order valence-corrected chi connectivity index (χ2v) is 18.7. The van der Waals surface area contributed by atoms with Crippen LogP contribution in [0.1, 0.15) is 309 Å². The van der Waals surface area contributed by atoms with Crippen LogP contribution in [0.5, 0.6) is 0 Å². The fourth-order valence-electron chi connectivity index (χ4n) is 8.65. The van der Waals surface area contributed by atoms with E-state index in [0.717, 1.165) is 25.7 Å². The van der Waals surface area contributed by atoms with E-state index >= 15 is 0 Å². The Kier molecular flexibility index (Phi) is 49.7. The number of aliphatic hydroxyl groups excluding tert-OH is 2. The molecule has 0 saturated heterocycles. The van der Waals surface area contributed by atoms with Crippen molar-refractivity contribution in [3.05, 3.63) is 12.2 Å². The highest BCUT2D eigenvalue weighted by atomic mass is 16.3. The molecule has 4 heteroatoms. The smallest absolute Gasteiger partial charge is 0.220 e. The average Bonchev–Trinajstić information content (AvgIpc) is 3.23. The molecule has 4 nitrogen and oxygen atoms in total. The molecule has 0 fully saturated rings. The van der Waals surface area contributed by atoms with Crippen molar-refractivity contribution in [2.24, 2.45) is 0 Å². The largest absolute Gasteiger partial charge is 0.394 e. The maximum Gasteiger partial charge on any atom is 0.220 e. The molecule has 0 aromatic rings. The molecule has 1 amide bonds. The lowest BCUT2D eigenvalue weighted by Crippen LogP contribution is -2.45. The van der Waals surface area contributed by atoms with Crippen LogP contribution >= 0.6 is 0 Å². The molecular formula is C54H107NO3. The standard InChI is InChI=1S/C54H107NO3/c1-3-5-7-9-11-12-13-14-15-16-17-18-19-20-21-22-23-24-25-26-27-28-29-30-31-32-33-34-35-36-37-38-39-40-41-42-44-46-48-50-54(58)55-52(51-56)53(57)49-47-45-43-10-8-6-4-2/h16-17,52-53,56-57H,3-15,18-51H2,1-2H3,(H,55,58)/b17-16-. The van der Waals surface area contributed by atoms with Crippen LogP contribution in [-0.2, 0) is 4.79 Å². The molecule has 2 unspecified atom stereocenters. The quantitative estimate of drug-likeness (QED) is 0.0423. The van der Waals surface area contributed by atoms with Crippen LogP contribution in [0.4, 0.5) is 0 Å². The molecule has 58 heavy (non-hydrogen) atoms. The zero-order valence-corrected chi connectivity index (χ0v) is 39.8. The zero-order valence-electron chi connectivity index (χ0n) is 39.8. The number of aliphatic hydroxyl groups is 2. The lowest BCUT2D eigenvalue weighted by molar-refractivity contribution is -0.123. The molecule has 0 heterocycles. The number of rotatable bonds is 50. The molecule has 0 aromatic carbocycles. The third-order valence-electron chi connectivity index (χ3n) is 12.8. The summed E-state index contributed by atoms with van der Waals surface area (Å²) >= 11 is 0. The predicted octanol–water partition coefficient (Wildman–Crippen LogP) is 17.4. The van der Waals surface area contributed by atoms with Gasteiger partial charge in [-0.25, -0.2) is 0 Å². The Morgan fingerprint density at radius 3 is 0.948 bits per heavy atom. The van der Waals surface area contributed by atoms with Crippen molar-refractivity contribution in [2.45, 2.75) is 321 Å². The van der Waals surface area contributed by atoms with Gasteiger partial charge in [-0.1, -0.05) is 276 Å². The molecule has 0 aliphatic carbocycles. The van der Waals surface area contributed by atoms with Crippen LogP contribution < -0.4 is 5.32 Å². The molecule has 0 aliphatic heterocycles. The molecule has 0 aliphatic rings. The summed E-state index contributed by atoms with van der Waals surface area (Å²) in [5.41, 5.74) is 0. The first-order valence-corrected chi connectivity index (χ1v) is 26.9. The van der Waals surface area contributed by atoms with E-state index in [1.807, 2.05) is 0 Å². The van der Waals surface area contributed by atoms with E-state index in [1.54, 1.807) is 0 Å². The predicted molar refractivity (Wildman–Crippen MR) is 258 cm³/mol. The van der Waals surface area contributed by atoms with Gasteiger partial charge in [-0.15, -0.1) is 0 Å². The average molecular weight is 818 g/mol. The van der Waals surface area contributed by atoms with Gasteiger partial charge >= 0.3 is 0 Å². The monoisotopic (exact) mass is 818 g/mol. The molecule has 0 radical (unpaired) electrons. The first-order chi connectivity index (χ1) is 28.7. The Bertz CT molecular complexity index is 799. The molecule has 0 aromatic heterocycles. The lowest BCUT2D eigenvalue weighted by Gasteiger charge is -2.22. The number of amides is 1. The molecule has 0 saturated carbocycles. The van der Waals surface area contributed by atoms with Crippen molar-refractivity contribution in [1.29, 1.82) is 0 Å². The number of hydrogen-bond donors (Lipinski definition) is 3. The van der Waals surface area contributed by atoms with Crippen LogP contribution in [-0.4, -0.2) is 34.9 Å². The Hall–Kier alpha value is -0.870. The van der Waals surface area contributed by atoms with Gasteiger partial charge in [-0.2, -0.15) is 0 Å². The topological polar surface area (TPSA) is 69.6 Å². The second kappa shape index (κ2) is 50.5. The van der Waals surface area contributed by atoms with E-state index < -0.39 is 12.1 Å². The minimum Gasteiger partial charge on any atom is -0.394 e. The molecule has 2 atom stereocenters. The van der Waals surface area contributed by atoms with Crippen molar-refractivity contribution in [3.63, 3.8) is 0 Å². The van der Waals surface area contributed by atoms with Gasteiger partial charge in [-0.3, -0.25) is 4.79 Å². The fourth-order valence-corrected chi connectivity index (χ4v) is 8.65. The van der Waals surface area contributed by atoms with Gasteiger partial charge in [0.2, 0.25) is 5.91 Å². The Balaban J connectivity index is 3.28. The van der Waals surface area contributed by atoms with Crippen molar-refractivity contribution >= 4 is 5.91 Å². The fraction of sp³-hybridized carbons (Fsp3) is 0.944. The van der Waals surface area contributed by atoms with Crippen LogP contribution in [0, 0.1) is 0 Å². The first-order valence-electron chi connectivity index (χ1n) is 26.9. The zero-order chi connectivity index (χ0) is 42.1. The third kappa shape index (κ3) is 46.2. The molecule has 3 N–H and O–H groups in total. The summed E-state index contributed by atoms with van der Waals surface area (Å²) in [7, 11) is 0. The van der Waals surface area contributed by atoms with Gasteiger partial charge in [0.1, 0.15) is 0 Å². The Labute approximate surface area is 365 Å². The van der Waals surface area contributed by atoms with Gasteiger partial charge in [0, 0.05) is 6.42 Å². The number of hydrogen-bond acceptors (Lipinski definition) is 3. The number of unbranched alkanes of at least 4 members (excludes halogenated alkanes) is 41. The van der Waals surface area contributed by atoms with E-state index in [4.69, 9.17) is 0 Å². The van der Waals surface area contributed by atoms with Gasteiger partial charge in [-0.05, 0) is 38.5 Å². The summed E-state index contributed by atoms with van der Waals surface area (Å²) in [4.78, 5) is 12.3. The highest BCUT2D eigenvalue weighted by Crippen LogP contribution is 2.18. The highest BCUT2D eigenvalue weighted by Gasteiger charge is 2.20. The summed E-state index contributed by atoms with van der Waals surface area (Å²) in [5.74, 6) is -0.0295. The maximum atomic E-state index is 12.3. The van der Waals surface area contributed by atoms with Crippen molar-refractivity contribution < 1.29 is 15.0 Å². The van der Waals surface area contributed by atoms with Crippen LogP contribution in [0.15, 0.2) is 12.2 Å². The summed E-state index contributed by atoms with van der Waals surface area (Å²) in [6, 6.07) is -0.528. The van der Waals surface area contributed by atoms with E-state index in [-0.39, 0.29) is 12.5 Å². The van der Waals surface area contributed by atoms with Gasteiger partial charge in [0.25, 0.3) is 0 Å². The van der Waals surface area contributed by atoms with Crippen molar-refractivity contribution in [1.82, 2.24) is 5.32 Å². The normalized spacial score (nSPS) is 12.8. The number of carbonyl (C=O) groups is 1. The van der Waals surface area contributed by atoms with Gasteiger partial charge in [0.15, 0.2) is 0 Å². The Morgan fingerprint density at radius 2 is 0.655 bits per heavy atom. The third-order valence-corrected chi connectivity index (χ3v) is 12.8. The van der Waals surface area contributed by atoms with Crippen molar-refractivity contribution in [3.8, 4) is 0 Å². The SMILES string of the molecule is CCCCCCCCCC/C=C\CCCCCCCCCCCCCCCCCCCCCCCCCCCCCC(=O)NC(CO)C(O)CCCCCCCCC. The Morgan fingerprint density at radius 1 is 0.397 bits per heavy atom. The summed E-state index contributed by atoms with van der Waals surface area (Å²) in [6.45, 7) is 4.34. The molecule has 0 bridgehead atoms. The lowest BCUT2D eigenvalue weighted by atomic mass is 10.0. The second-order valence-electron chi connectivity index (χ2n) is 18.7. The number of allylic oxidation sites excluding steroid dienone is 2. The maximum absolute atomic E-state index is 12.3. The number of carbonyl (C=O) groups excluding carboxylic acids is 1. The van der Waals surface area contributed by atoms with Crippen molar-refractivity contribution in [2.75, 3.05) is 6.61 Å². The van der Waals surface area contributed by atoms with Crippen LogP contribution in [0.3, 0.4) is 0 Å². The van der Waals surface area contributed by atoms with Gasteiger partial charge < -0.3 is 15.5 Å². The molecule has 0 spiro atoms. The summed E-state index contributed by atoms with van der Waals surface area (Å²) in [5, 5.41) is 23.0. The molecular weight excluding hydrogens is 711 g/mol. The van der Waals surface area contributed by atoms with E-state index in [9.17, 15) is 15.0 Å². The molecule has 346 valence electrons. The summed E-state index contributed by atoms with van der Waals surface area (Å²) in [6.07, 6.45) is 65.2. The van der Waals surface area contributed by atoms with E-state index in [2.05, 4.69) is 31.3 Å². The number of nitrogens with one attached hydrogen (secondary N) is 1. The molecule has 0 rings (SSSR count). The highest BCUT2D eigenvalue weighted by molar-refractivity contribution is 5.76. The minimum atomic E-state index is -0.652. The first kappa shape index (κ1) is 57.1. The minimum absolute atomic E-state index is 0.0295. The van der Waals surface area contributed by atoms with E-state index in [0.29, 0.717) is 12.8 Å². The van der Waals surface area contributed by atoms with Crippen LogP contribution in [0.2, 0.25) is 0 Å². The summed E-state index contributed by atoms with van der Waals surface area (Å²) < 4.78 is 0. The van der Waals surface area contributed by atoms with Crippen LogP contribution in [0.25, 0.3) is 0 Å².